The molecular weight excluding hydrogens is 811 g/mol. The second-order valence-corrected chi connectivity index (χ2v) is 18.9. The van der Waals surface area contributed by atoms with Crippen molar-refractivity contribution in [3.63, 3.8) is 0 Å². The normalized spacial score (nSPS) is 21.2. The summed E-state index contributed by atoms with van der Waals surface area (Å²) in [6.07, 6.45) is 38.2. The number of nitrogens with one attached hydrogen (secondary N) is 1. The average molecular weight is 912 g/mol. The molecule has 11 heteroatoms. The molecule has 0 aliphatic carbocycles. The molecule has 64 heavy (non-hydrogen) atoms. The van der Waals surface area contributed by atoms with Crippen LogP contribution in [0.25, 0.3) is 0 Å². The molecule has 0 aromatic rings. The van der Waals surface area contributed by atoms with Gasteiger partial charge in [-0.15, -0.1) is 0 Å². The van der Waals surface area contributed by atoms with Crippen LogP contribution in [0.5, 0.6) is 0 Å². The van der Waals surface area contributed by atoms with Gasteiger partial charge in [0.05, 0.1) is 25.4 Å². The second kappa shape index (κ2) is 42.9. The molecule has 1 aliphatic rings. The summed E-state index contributed by atoms with van der Waals surface area (Å²) < 4.78 is 11.1. The van der Waals surface area contributed by atoms with Crippen LogP contribution in [0.15, 0.2) is 24.3 Å². The fourth-order valence-electron chi connectivity index (χ4n) is 8.58. The van der Waals surface area contributed by atoms with Crippen LogP contribution < -0.4 is 5.32 Å². The van der Waals surface area contributed by atoms with Gasteiger partial charge in [0.25, 0.3) is 0 Å². The summed E-state index contributed by atoms with van der Waals surface area (Å²) in [5, 5.41) is 75.7. The van der Waals surface area contributed by atoms with E-state index in [4.69, 9.17) is 9.47 Å². The molecule has 9 atom stereocenters. The Hall–Kier alpha value is -1.41. The van der Waals surface area contributed by atoms with E-state index >= 15 is 0 Å². The molecule has 11 nitrogen and oxygen atoms in total. The Kier molecular flexibility index (Phi) is 40.6. The highest BCUT2D eigenvalue weighted by molar-refractivity contribution is 5.80. The van der Waals surface area contributed by atoms with E-state index in [1.807, 2.05) is 0 Å². The number of rotatable bonds is 45. The first kappa shape index (κ1) is 60.6. The minimum atomic E-state index is -1.67. The molecule has 0 bridgehead atoms. The quantitative estimate of drug-likeness (QED) is 0.0216. The fourth-order valence-corrected chi connectivity index (χ4v) is 8.58. The van der Waals surface area contributed by atoms with E-state index in [0.717, 1.165) is 38.5 Å². The number of amides is 1. The minimum Gasteiger partial charge on any atom is -0.394 e. The number of carbonyl (C=O) groups excluding carboxylic acids is 1. The van der Waals surface area contributed by atoms with Crippen LogP contribution in [-0.4, -0.2) is 110 Å². The molecule has 1 fully saturated rings. The number of unbranched alkanes of at least 4 members (excludes halogenated alkanes) is 29. The maximum atomic E-state index is 13.1. The van der Waals surface area contributed by atoms with Crippen molar-refractivity contribution >= 4 is 5.91 Å². The number of aliphatic hydroxyl groups is 7. The van der Waals surface area contributed by atoms with Gasteiger partial charge >= 0.3 is 0 Å². The molecule has 0 radical (unpaired) electrons. The molecule has 0 aromatic heterocycles. The number of hydrogen-bond acceptors (Lipinski definition) is 10. The molecule has 0 saturated carbocycles. The maximum Gasteiger partial charge on any atom is 0.249 e. The third-order valence-electron chi connectivity index (χ3n) is 13.0. The highest BCUT2D eigenvalue weighted by atomic mass is 16.7. The van der Waals surface area contributed by atoms with E-state index < -0.39 is 74.2 Å². The number of carbonyl (C=O) groups is 1. The van der Waals surface area contributed by atoms with Gasteiger partial charge in [-0.05, 0) is 51.4 Å². The molecule has 8 N–H and O–H groups in total. The molecule has 9 unspecified atom stereocenters. The first-order valence-corrected chi connectivity index (χ1v) is 26.7. The summed E-state index contributed by atoms with van der Waals surface area (Å²) in [5.74, 6) is -0.710. The maximum absolute atomic E-state index is 13.1. The Bertz CT molecular complexity index is 1090. The van der Waals surface area contributed by atoms with Crippen molar-refractivity contribution in [1.29, 1.82) is 0 Å². The van der Waals surface area contributed by atoms with Crippen LogP contribution in [0.3, 0.4) is 0 Å². The molecule has 1 saturated heterocycles. The summed E-state index contributed by atoms with van der Waals surface area (Å²) in [4.78, 5) is 13.1. The molecule has 0 aromatic carbocycles. The van der Waals surface area contributed by atoms with Crippen molar-refractivity contribution in [2.45, 2.75) is 294 Å². The number of hydrogen-bond donors (Lipinski definition) is 8. The van der Waals surface area contributed by atoms with Crippen LogP contribution in [0, 0.1) is 0 Å². The van der Waals surface area contributed by atoms with Crippen molar-refractivity contribution in [2.24, 2.45) is 0 Å². The predicted molar refractivity (Wildman–Crippen MR) is 261 cm³/mol. The van der Waals surface area contributed by atoms with E-state index in [9.17, 15) is 40.5 Å². The summed E-state index contributed by atoms with van der Waals surface area (Å²) in [6.45, 7) is 3.42. The van der Waals surface area contributed by atoms with Crippen molar-refractivity contribution in [2.75, 3.05) is 13.2 Å². The summed E-state index contributed by atoms with van der Waals surface area (Å²) in [5.41, 5.74) is 0. The lowest BCUT2D eigenvalue weighted by Crippen LogP contribution is -2.60. The Labute approximate surface area is 391 Å². The van der Waals surface area contributed by atoms with Gasteiger partial charge in [0, 0.05) is 0 Å². The molecule has 1 heterocycles. The highest BCUT2D eigenvalue weighted by Crippen LogP contribution is 2.23. The van der Waals surface area contributed by atoms with Gasteiger partial charge in [-0.2, -0.15) is 0 Å². The average Bonchev–Trinajstić information content (AvgIpc) is 3.29. The third-order valence-corrected chi connectivity index (χ3v) is 13.0. The zero-order valence-electron chi connectivity index (χ0n) is 41.0. The predicted octanol–water partition coefficient (Wildman–Crippen LogP) is 10.2. The zero-order chi connectivity index (χ0) is 46.9. The number of aliphatic hydroxyl groups excluding tert-OH is 7. The lowest BCUT2D eigenvalue weighted by Gasteiger charge is -2.40. The Balaban J connectivity index is 2.33. The van der Waals surface area contributed by atoms with Gasteiger partial charge in [-0.1, -0.05) is 212 Å². The van der Waals surface area contributed by atoms with E-state index in [0.29, 0.717) is 19.3 Å². The Morgan fingerprint density at radius 3 is 1.39 bits per heavy atom. The van der Waals surface area contributed by atoms with Gasteiger partial charge in [0.1, 0.15) is 36.6 Å². The lowest BCUT2D eigenvalue weighted by molar-refractivity contribution is -0.303. The third kappa shape index (κ3) is 31.5. The van der Waals surface area contributed by atoms with Crippen LogP contribution in [0.2, 0.25) is 0 Å². The Morgan fingerprint density at radius 1 is 0.531 bits per heavy atom. The molecular formula is C53H101NO10. The zero-order valence-corrected chi connectivity index (χ0v) is 41.0. The van der Waals surface area contributed by atoms with E-state index in [-0.39, 0.29) is 12.8 Å². The van der Waals surface area contributed by atoms with Crippen LogP contribution in [0.1, 0.15) is 239 Å². The molecule has 1 aliphatic heterocycles. The molecule has 0 spiro atoms. The van der Waals surface area contributed by atoms with Crippen molar-refractivity contribution in [3.8, 4) is 0 Å². The van der Waals surface area contributed by atoms with Gasteiger partial charge in [-0.25, -0.2) is 0 Å². The number of allylic oxidation sites excluding steroid dienone is 4. The summed E-state index contributed by atoms with van der Waals surface area (Å²) in [7, 11) is 0. The minimum absolute atomic E-state index is 0.248. The van der Waals surface area contributed by atoms with Gasteiger partial charge < -0.3 is 50.5 Å². The summed E-state index contributed by atoms with van der Waals surface area (Å²) >= 11 is 0. The molecule has 378 valence electrons. The Morgan fingerprint density at radius 2 is 0.938 bits per heavy atom. The summed E-state index contributed by atoms with van der Waals surface area (Å²) in [6, 6.07) is -1.19. The van der Waals surface area contributed by atoms with Crippen LogP contribution >= 0.6 is 0 Å². The lowest BCUT2D eigenvalue weighted by atomic mass is 9.98. The molecule has 1 rings (SSSR count). The van der Waals surface area contributed by atoms with Gasteiger partial charge in [-0.3, -0.25) is 4.79 Å². The van der Waals surface area contributed by atoms with Crippen molar-refractivity contribution < 1.29 is 50.0 Å². The van der Waals surface area contributed by atoms with Crippen LogP contribution in [0.4, 0.5) is 0 Å². The van der Waals surface area contributed by atoms with E-state index in [1.165, 1.54) is 154 Å². The standard InChI is InChI=1S/C53H101NO10/c1-3-5-7-9-11-13-15-16-17-18-19-20-21-22-23-24-25-26-27-28-29-31-32-34-36-38-40-45(56)48(58)44(43-63-53-51(61)50(60)49(59)47(42-55)64-53)54-52(62)46(57)41-39-37-35-33-30-14-12-10-8-6-4-2/h27-28,32,34,44-51,53,55-61H,3-26,29-31,33,35-43H2,1-2H3,(H,54,62)/b28-27+,34-32+. The van der Waals surface area contributed by atoms with Crippen molar-refractivity contribution in [3.05, 3.63) is 24.3 Å². The number of ether oxygens (including phenoxy) is 2. The fraction of sp³-hybridized carbons (Fsp3) is 0.906. The van der Waals surface area contributed by atoms with E-state index in [1.54, 1.807) is 0 Å². The molecule has 1 amide bonds. The van der Waals surface area contributed by atoms with Gasteiger partial charge in [0.15, 0.2) is 6.29 Å². The topological polar surface area (TPSA) is 189 Å². The van der Waals surface area contributed by atoms with E-state index in [2.05, 4.69) is 43.5 Å². The highest BCUT2D eigenvalue weighted by Gasteiger charge is 2.44. The first-order valence-electron chi connectivity index (χ1n) is 26.7. The SMILES string of the molecule is CCCCCCCCCCCCCCCCCCC/C=C/CC/C=C/CCCC(O)C(O)C(COC1OC(CO)C(O)C(O)C1O)NC(=O)C(O)CCCCCCCCCCCCC. The first-order chi connectivity index (χ1) is 31.2. The monoisotopic (exact) mass is 912 g/mol. The van der Waals surface area contributed by atoms with Crippen LogP contribution in [-0.2, 0) is 14.3 Å². The smallest absolute Gasteiger partial charge is 0.249 e. The van der Waals surface area contributed by atoms with Crippen molar-refractivity contribution in [1.82, 2.24) is 5.32 Å². The second-order valence-electron chi connectivity index (χ2n) is 18.9. The largest absolute Gasteiger partial charge is 0.394 e. The van der Waals surface area contributed by atoms with Gasteiger partial charge in [0.2, 0.25) is 5.91 Å².